The maximum atomic E-state index is 13.5. The number of hydrogen-bond donors (Lipinski definition) is 2. The molecule has 0 aliphatic heterocycles. The van der Waals surface area contributed by atoms with Gasteiger partial charge in [0.2, 0.25) is 5.95 Å². The van der Waals surface area contributed by atoms with Crippen LogP contribution >= 0.6 is 0 Å². The van der Waals surface area contributed by atoms with Gasteiger partial charge in [0.15, 0.2) is 0 Å². The molecule has 1 heterocycles. The van der Waals surface area contributed by atoms with Crippen LogP contribution in [-0.4, -0.2) is 16.6 Å². The number of aryl methyl sites for hydroxylation is 1. The molecule has 3 rings (SSSR count). The molecular weight excluding hydrogens is 417 g/mol. The molecule has 32 heavy (non-hydrogen) atoms. The summed E-state index contributed by atoms with van der Waals surface area (Å²) >= 11 is 0. The average Bonchev–Trinajstić information content (AvgIpc) is 2.74. The molecule has 2 aromatic carbocycles. The molecule has 0 aliphatic carbocycles. The second kappa shape index (κ2) is 10.8. The third-order valence-electron chi connectivity index (χ3n) is 4.75. The van der Waals surface area contributed by atoms with E-state index in [0.717, 1.165) is 31.0 Å². The maximum absolute atomic E-state index is 13.5. The van der Waals surface area contributed by atoms with Crippen LogP contribution in [0.1, 0.15) is 43.7 Å². The van der Waals surface area contributed by atoms with Crippen molar-refractivity contribution in [2.45, 2.75) is 45.7 Å². The molecule has 0 amide bonds. The molecule has 3 aromatic rings. The Morgan fingerprint density at radius 2 is 1.72 bits per heavy atom. The zero-order valence-corrected chi connectivity index (χ0v) is 18.2. The fourth-order valence-corrected chi connectivity index (χ4v) is 3.09. The topological polar surface area (TPSA) is 59.1 Å². The molecule has 0 radical (unpaired) electrons. The van der Waals surface area contributed by atoms with Crippen molar-refractivity contribution in [1.82, 2.24) is 9.97 Å². The highest BCUT2D eigenvalue weighted by atomic mass is 19.4. The number of ether oxygens (including phenoxy) is 1. The Labute approximate surface area is 186 Å². The minimum Gasteiger partial charge on any atom is -0.494 e. The summed E-state index contributed by atoms with van der Waals surface area (Å²) in [5.41, 5.74) is 1.22. The Hall–Kier alpha value is -3.29. The van der Waals surface area contributed by atoms with Gasteiger partial charge in [-0.05, 0) is 55.3 Å². The van der Waals surface area contributed by atoms with Gasteiger partial charge in [0.1, 0.15) is 17.1 Å². The van der Waals surface area contributed by atoms with Crippen LogP contribution in [0.3, 0.4) is 0 Å². The second-order valence-corrected chi connectivity index (χ2v) is 7.51. The lowest BCUT2D eigenvalue weighted by Gasteiger charge is -2.15. The number of benzene rings is 2. The lowest BCUT2D eigenvalue weighted by atomic mass is 10.2. The first-order chi connectivity index (χ1) is 15.3. The van der Waals surface area contributed by atoms with Gasteiger partial charge in [0.05, 0.1) is 6.61 Å². The maximum Gasteiger partial charge on any atom is 0.421 e. The van der Waals surface area contributed by atoms with Crippen LogP contribution in [0.25, 0.3) is 0 Å². The van der Waals surface area contributed by atoms with Crippen molar-refractivity contribution in [2.75, 3.05) is 17.2 Å². The van der Waals surface area contributed by atoms with Gasteiger partial charge in [0.25, 0.3) is 0 Å². The number of rotatable bonds is 10. The molecule has 0 bridgehead atoms. The predicted octanol–water partition coefficient (Wildman–Crippen LogP) is 7.25. The van der Waals surface area contributed by atoms with Crippen molar-refractivity contribution in [1.29, 1.82) is 0 Å². The summed E-state index contributed by atoms with van der Waals surface area (Å²) < 4.78 is 46.2. The van der Waals surface area contributed by atoms with E-state index in [1.54, 1.807) is 30.3 Å². The van der Waals surface area contributed by atoms with Crippen LogP contribution in [0.15, 0.2) is 54.7 Å². The summed E-state index contributed by atoms with van der Waals surface area (Å²) in [5.74, 6) is 0.418. The van der Waals surface area contributed by atoms with Crippen LogP contribution in [0.5, 0.6) is 5.75 Å². The van der Waals surface area contributed by atoms with Crippen molar-refractivity contribution in [2.24, 2.45) is 0 Å². The van der Waals surface area contributed by atoms with Gasteiger partial charge in [-0.25, -0.2) is 4.98 Å². The highest BCUT2D eigenvalue weighted by Crippen LogP contribution is 2.35. The third kappa shape index (κ3) is 6.87. The van der Waals surface area contributed by atoms with Crippen LogP contribution < -0.4 is 15.4 Å². The van der Waals surface area contributed by atoms with E-state index in [4.69, 9.17) is 4.74 Å². The average molecular weight is 445 g/mol. The van der Waals surface area contributed by atoms with E-state index >= 15 is 0 Å². The van der Waals surface area contributed by atoms with E-state index in [-0.39, 0.29) is 11.8 Å². The van der Waals surface area contributed by atoms with Crippen molar-refractivity contribution >= 4 is 23.1 Å². The number of nitrogens with one attached hydrogen (secondary N) is 2. The molecule has 0 unspecified atom stereocenters. The first-order valence-electron chi connectivity index (χ1n) is 10.6. The zero-order valence-electron chi connectivity index (χ0n) is 18.2. The molecule has 0 atom stereocenters. The number of anilines is 4. The Balaban J connectivity index is 1.73. The minimum absolute atomic E-state index is 0.0677. The number of aromatic nitrogens is 2. The van der Waals surface area contributed by atoms with Gasteiger partial charge in [0, 0.05) is 17.6 Å². The van der Waals surface area contributed by atoms with Crippen molar-refractivity contribution < 1.29 is 17.9 Å². The van der Waals surface area contributed by atoms with E-state index in [1.807, 2.05) is 25.1 Å². The zero-order chi connectivity index (χ0) is 23.0. The molecule has 2 N–H and O–H groups in total. The smallest absolute Gasteiger partial charge is 0.421 e. The third-order valence-corrected chi connectivity index (χ3v) is 4.75. The monoisotopic (exact) mass is 444 g/mol. The summed E-state index contributed by atoms with van der Waals surface area (Å²) in [4.78, 5) is 7.91. The number of alkyl halides is 3. The molecular formula is C24H27F3N4O. The Morgan fingerprint density at radius 3 is 2.41 bits per heavy atom. The molecule has 0 spiro atoms. The summed E-state index contributed by atoms with van der Waals surface area (Å²) in [6.45, 7) is 4.69. The van der Waals surface area contributed by atoms with Crippen molar-refractivity contribution in [3.05, 3.63) is 65.9 Å². The normalized spacial score (nSPS) is 11.3. The van der Waals surface area contributed by atoms with E-state index in [1.165, 1.54) is 6.42 Å². The predicted molar refractivity (Wildman–Crippen MR) is 121 cm³/mol. The molecule has 0 saturated heterocycles. The molecule has 170 valence electrons. The molecule has 0 fully saturated rings. The summed E-state index contributed by atoms with van der Waals surface area (Å²) in [6, 6.07) is 14.2. The van der Waals surface area contributed by atoms with Crippen LogP contribution in [-0.2, 0) is 6.18 Å². The highest BCUT2D eigenvalue weighted by molar-refractivity contribution is 5.63. The Bertz CT molecular complexity index is 1010. The SMILES string of the molecule is CCCCCCOc1ccc(Nc2nc(Nc3cccc(C)c3)ncc2C(F)(F)F)cc1. The Kier molecular flexibility index (Phi) is 7.92. The van der Waals surface area contributed by atoms with Gasteiger partial charge >= 0.3 is 6.18 Å². The Morgan fingerprint density at radius 1 is 0.938 bits per heavy atom. The van der Waals surface area contributed by atoms with Gasteiger partial charge in [-0.2, -0.15) is 18.2 Å². The molecule has 8 heteroatoms. The fraction of sp³-hybridized carbons (Fsp3) is 0.333. The summed E-state index contributed by atoms with van der Waals surface area (Å²) in [6.07, 6.45) is 0.607. The van der Waals surface area contributed by atoms with Crippen molar-refractivity contribution in [3.63, 3.8) is 0 Å². The first kappa shape index (κ1) is 23.4. The fourth-order valence-electron chi connectivity index (χ4n) is 3.09. The number of halogens is 3. The lowest BCUT2D eigenvalue weighted by molar-refractivity contribution is -0.137. The quantitative estimate of drug-likeness (QED) is 0.323. The minimum atomic E-state index is -4.59. The standard InChI is InChI=1S/C24H27F3N4O/c1-3-4-5-6-14-32-20-12-10-18(11-13-20)29-22-21(24(25,26)27)16-28-23(31-22)30-19-9-7-8-17(2)15-19/h7-13,15-16H,3-6,14H2,1-2H3,(H2,28,29,30,31). The number of hydrogen-bond acceptors (Lipinski definition) is 5. The van der Waals surface area contributed by atoms with E-state index in [9.17, 15) is 13.2 Å². The molecule has 1 aromatic heterocycles. The molecule has 0 aliphatic rings. The van der Waals surface area contributed by atoms with Crippen molar-refractivity contribution in [3.8, 4) is 5.75 Å². The van der Waals surface area contributed by atoms with E-state index in [0.29, 0.717) is 23.7 Å². The summed E-state index contributed by atoms with van der Waals surface area (Å²) in [5, 5.41) is 5.71. The lowest BCUT2D eigenvalue weighted by Crippen LogP contribution is -2.12. The second-order valence-electron chi connectivity index (χ2n) is 7.51. The first-order valence-corrected chi connectivity index (χ1v) is 10.6. The van der Waals surface area contributed by atoms with Gasteiger partial charge in [-0.15, -0.1) is 0 Å². The van der Waals surface area contributed by atoms with Crippen LogP contribution in [0.2, 0.25) is 0 Å². The van der Waals surface area contributed by atoms with Crippen LogP contribution in [0, 0.1) is 6.92 Å². The van der Waals surface area contributed by atoms with Gasteiger partial charge in [-0.3, -0.25) is 0 Å². The summed E-state index contributed by atoms with van der Waals surface area (Å²) in [7, 11) is 0. The number of nitrogens with zero attached hydrogens (tertiary/aromatic N) is 2. The highest BCUT2D eigenvalue weighted by Gasteiger charge is 2.35. The van der Waals surface area contributed by atoms with E-state index < -0.39 is 11.7 Å². The molecule has 0 saturated carbocycles. The molecule has 5 nitrogen and oxygen atoms in total. The number of unbranched alkanes of at least 4 members (excludes halogenated alkanes) is 3. The largest absolute Gasteiger partial charge is 0.494 e. The van der Waals surface area contributed by atoms with Gasteiger partial charge < -0.3 is 15.4 Å². The van der Waals surface area contributed by atoms with Gasteiger partial charge in [-0.1, -0.05) is 38.3 Å². The van der Waals surface area contributed by atoms with Crippen LogP contribution in [0.4, 0.5) is 36.3 Å². The van der Waals surface area contributed by atoms with E-state index in [2.05, 4.69) is 27.5 Å².